The molecule has 0 aromatic carbocycles. The molecule has 4 nitrogen and oxygen atoms in total. The van der Waals surface area contributed by atoms with Crippen LogP contribution in [0.15, 0.2) is 5.51 Å². The van der Waals surface area contributed by atoms with E-state index in [0.717, 1.165) is 5.69 Å². The van der Waals surface area contributed by atoms with E-state index in [2.05, 4.69) is 10.3 Å². The number of carbonyl (C=O) groups excluding carboxylic acids is 1. The highest BCUT2D eigenvalue weighted by atomic mass is 32.1. The molecular weight excluding hydrogens is 224 g/mol. The monoisotopic (exact) mass is 242 g/mol. The van der Waals surface area contributed by atoms with Crippen LogP contribution in [0.25, 0.3) is 0 Å². The van der Waals surface area contributed by atoms with E-state index in [4.69, 9.17) is 5.11 Å². The first-order valence-corrected chi connectivity index (χ1v) is 6.10. The molecule has 0 radical (unpaired) electrons. The van der Waals surface area contributed by atoms with Crippen molar-refractivity contribution in [2.24, 2.45) is 0 Å². The molecule has 0 aliphatic rings. The summed E-state index contributed by atoms with van der Waals surface area (Å²) in [5.41, 5.74) is 2.34. The zero-order chi connectivity index (χ0) is 12.3. The van der Waals surface area contributed by atoms with Crippen LogP contribution in [-0.2, 0) is 5.41 Å². The molecule has 0 aliphatic heterocycles. The van der Waals surface area contributed by atoms with Crippen LogP contribution in [0, 0.1) is 0 Å². The quantitative estimate of drug-likeness (QED) is 0.845. The van der Waals surface area contributed by atoms with Gasteiger partial charge in [0, 0.05) is 11.5 Å². The number of thiazole rings is 1. The van der Waals surface area contributed by atoms with E-state index >= 15 is 0 Å². The molecular formula is C11H18N2O2S. The molecule has 0 spiro atoms. The third-order valence-corrected chi connectivity index (χ3v) is 2.96. The Kier molecular flexibility index (Phi) is 4.04. The number of aliphatic hydroxyl groups is 1. The molecule has 1 unspecified atom stereocenters. The molecule has 90 valence electrons. The molecule has 5 heteroatoms. The van der Waals surface area contributed by atoms with Crippen LogP contribution >= 0.6 is 11.3 Å². The summed E-state index contributed by atoms with van der Waals surface area (Å²) in [6.45, 7) is 7.77. The molecule has 2 N–H and O–H groups in total. The van der Waals surface area contributed by atoms with E-state index in [9.17, 15) is 4.79 Å². The smallest absolute Gasteiger partial charge is 0.263 e. The van der Waals surface area contributed by atoms with Crippen molar-refractivity contribution in [2.45, 2.75) is 39.2 Å². The maximum Gasteiger partial charge on any atom is 0.263 e. The maximum absolute atomic E-state index is 11.9. The van der Waals surface area contributed by atoms with Gasteiger partial charge in [-0.3, -0.25) is 4.79 Å². The van der Waals surface area contributed by atoms with Crippen LogP contribution in [0.2, 0.25) is 0 Å². The summed E-state index contributed by atoms with van der Waals surface area (Å²) in [6, 6.07) is -0.234. The van der Waals surface area contributed by atoms with Crippen molar-refractivity contribution in [3.63, 3.8) is 0 Å². The number of carbonyl (C=O) groups is 1. The minimum Gasteiger partial charge on any atom is -0.394 e. The van der Waals surface area contributed by atoms with E-state index < -0.39 is 0 Å². The summed E-state index contributed by atoms with van der Waals surface area (Å²) in [4.78, 5) is 16.8. The van der Waals surface area contributed by atoms with Crippen LogP contribution in [-0.4, -0.2) is 28.6 Å². The second kappa shape index (κ2) is 4.93. The first-order valence-electron chi connectivity index (χ1n) is 5.22. The van der Waals surface area contributed by atoms with Gasteiger partial charge in [0.2, 0.25) is 0 Å². The summed E-state index contributed by atoms with van der Waals surface area (Å²) < 4.78 is 0. The van der Waals surface area contributed by atoms with Crippen LogP contribution in [0.5, 0.6) is 0 Å². The molecule has 1 aromatic rings. The SMILES string of the molecule is CC(CO)NC(=O)c1scnc1C(C)(C)C. The lowest BCUT2D eigenvalue weighted by atomic mass is 9.91. The third-order valence-electron chi connectivity index (χ3n) is 2.14. The number of hydrogen-bond donors (Lipinski definition) is 2. The first kappa shape index (κ1) is 13.1. The minimum absolute atomic E-state index is 0.0601. The number of nitrogens with zero attached hydrogens (tertiary/aromatic N) is 1. The van der Waals surface area contributed by atoms with Gasteiger partial charge in [0.05, 0.1) is 17.8 Å². The molecule has 1 heterocycles. The number of rotatable bonds is 3. The van der Waals surface area contributed by atoms with Crippen LogP contribution in [0.3, 0.4) is 0 Å². The summed E-state index contributed by atoms with van der Waals surface area (Å²) in [6.07, 6.45) is 0. The van der Waals surface area contributed by atoms with Gasteiger partial charge >= 0.3 is 0 Å². The summed E-state index contributed by atoms with van der Waals surface area (Å²) in [5.74, 6) is -0.158. The van der Waals surface area contributed by atoms with Crippen molar-refractivity contribution < 1.29 is 9.90 Å². The molecule has 0 fully saturated rings. The number of aliphatic hydroxyl groups excluding tert-OH is 1. The second-order valence-electron chi connectivity index (χ2n) is 4.84. The molecule has 0 saturated heterocycles. The largest absolute Gasteiger partial charge is 0.394 e. The fraction of sp³-hybridized carbons (Fsp3) is 0.636. The average Bonchev–Trinajstić information content (AvgIpc) is 2.65. The molecule has 0 saturated carbocycles. The van der Waals surface area contributed by atoms with Gasteiger partial charge in [-0.25, -0.2) is 4.98 Å². The van der Waals surface area contributed by atoms with Gasteiger partial charge in [0.1, 0.15) is 4.88 Å². The molecule has 1 atom stereocenters. The highest BCUT2D eigenvalue weighted by Crippen LogP contribution is 2.26. The van der Waals surface area contributed by atoms with Gasteiger partial charge in [-0.15, -0.1) is 11.3 Å². The van der Waals surface area contributed by atoms with Gasteiger partial charge in [0.25, 0.3) is 5.91 Å². The number of aromatic nitrogens is 1. The van der Waals surface area contributed by atoms with Crippen molar-refractivity contribution in [1.82, 2.24) is 10.3 Å². The van der Waals surface area contributed by atoms with Gasteiger partial charge in [-0.05, 0) is 6.92 Å². The normalized spacial score (nSPS) is 13.6. The number of nitrogens with one attached hydrogen (secondary N) is 1. The van der Waals surface area contributed by atoms with Crippen molar-refractivity contribution >= 4 is 17.2 Å². The van der Waals surface area contributed by atoms with Crippen molar-refractivity contribution in [1.29, 1.82) is 0 Å². The maximum atomic E-state index is 11.9. The predicted molar refractivity (Wildman–Crippen MR) is 64.8 cm³/mol. The van der Waals surface area contributed by atoms with E-state index in [1.165, 1.54) is 11.3 Å². The Bertz CT molecular complexity index is 368. The Morgan fingerprint density at radius 2 is 2.25 bits per heavy atom. The van der Waals surface area contributed by atoms with Crippen LogP contribution < -0.4 is 5.32 Å². The number of hydrogen-bond acceptors (Lipinski definition) is 4. The predicted octanol–water partition coefficient (Wildman–Crippen LogP) is 1.55. The molecule has 1 rings (SSSR count). The zero-order valence-electron chi connectivity index (χ0n) is 10.1. The van der Waals surface area contributed by atoms with Gasteiger partial charge < -0.3 is 10.4 Å². The van der Waals surface area contributed by atoms with Crippen LogP contribution in [0.1, 0.15) is 43.1 Å². The summed E-state index contributed by atoms with van der Waals surface area (Å²) >= 11 is 1.33. The fourth-order valence-corrected chi connectivity index (χ4v) is 2.18. The highest BCUT2D eigenvalue weighted by molar-refractivity contribution is 7.11. The van der Waals surface area contributed by atoms with Crippen molar-refractivity contribution in [2.75, 3.05) is 6.61 Å². The van der Waals surface area contributed by atoms with Crippen molar-refractivity contribution in [3.8, 4) is 0 Å². The highest BCUT2D eigenvalue weighted by Gasteiger charge is 2.25. The third kappa shape index (κ3) is 3.02. The number of amides is 1. The first-order chi connectivity index (χ1) is 7.36. The topological polar surface area (TPSA) is 62.2 Å². The Labute approximate surface area is 99.7 Å². The molecule has 16 heavy (non-hydrogen) atoms. The lowest BCUT2D eigenvalue weighted by molar-refractivity contribution is 0.0924. The second-order valence-corrected chi connectivity index (χ2v) is 5.69. The van der Waals surface area contributed by atoms with E-state index in [1.54, 1.807) is 12.4 Å². The van der Waals surface area contributed by atoms with Gasteiger partial charge in [0.15, 0.2) is 0 Å². The van der Waals surface area contributed by atoms with Gasteiger partial charge in [-0.2, -0.15) is 0 Å². The van der Waals surface area contributed by atoms with Crippen LogP contribution in [0.4, 0.5) is 0 Å². The Morgan fingerprint density at radius 1 is 1.62 bits per heavy atom. The Morgan fingerprint density at radius 3 is 2.75 bits per heavy atom. The molecule has 1 amide bonds. The van der Waals surface area contributed by atoms with Crippen molar-refractivity contribution in [3.05, 3.63) is 16.1 Å². The zero-order valence-corrected chi connectivity index (χ0v) is 10.9. The standard InChI is InChI=1S/C11H18N2O2S/c1-7(5-14)13-10(15)8-9(11(2,3)4)12-6-16-8/h6-7,14H,5H2,1-4H3,(H,13,15). The lowest BCUT2D eigenvalue weighted by Gasteiger charge is -2.18. The van der Waals surface area contributed by atoms with Gasteiger partial charge in [-0.1, -0.05) is 20.8 Å². The van der Waals surface area contributed by atoms with E-state index in [1.807, 2.05) is 20.8 Å². The summed E-state index contributed by atoms with van der Waals surface area (Å²) in [7, 11) is 0. The Balaban J connectivity index is 2.89. The minimum atomic E-state index is -0.234. The summed E-state index contributed by atoms with van der Waals surface area (Å²) in [5, 5.41) is 11.6. The average molecular weight is 242 g/mol. The van der Waals surface area contributed by atoms with E-state index in [-0.39, 0.29) is 24.0 Å². The van der Waals surface area contributed by atoms with E-state index in [0.29, 0.717) is 4.88 Å². The lowest BCUT2D eigenvalue weighted by Crippen LogP contribution is -2.35. The fourth-order valence-electron chi connectivity index (χ4n) is 1.28. The molecule has 0 aliphatic carbocycles. The molecule has 0 bridgehead atoms. The molecule has 1 aromatic heterocycles. The Hall–Kier alpha value is -0.940.